The van der Waals surface area contributed by atoms with Gasteiger partial charge in [0.1, 0.15) is 0 Å². The number of hydrogen-bond acceptors (Lipinski definition) is 5. The van der Waals surface area contributed by atoms with Crippen LogP contribution in [0, 0.1) is 21.7 Å². The van der Waals surface area contributed by atoms with Gasteiger partial charge in [0.15, 0.2) is 0 Å². The van der Waals surface area contributed by atoms with Crippen LogP contribution < -0.4 is 11.1 Å². The summed E-state index contributed by atoms with van der Waals surface area (Å²) >= 11 is 0. The Bertz CT molecular complexity index is 549. The summed E-state index contributed by atoms with van der Waals surface area (Å²) in [4.78, 5) is 22.3. The standard InChI is InChI=1S/C16H32N2O4.C9H20O/c1-10(18-13(21)11(17)8-12(19)20)9-22-14(15(2,3)4)16(5,6)7;1-8(2,3)7(10)9(4,5)6/h10-11,14H,8-9,17H2,1-7H3,(H,18,21)(H,19,20);7,10H,1-6H3/t10?,11-;/m0./s1. The third-order valence-corrected chi connectivity index (χ3v) is 4.85. The first-order valence-corrected chi connectivity index (χ1v) is 11.5. The smallest absolute Gasteiger partial charge is 0.305 e. The molecule has 0 saturated carbocycles. The number of carbonyl (C=O) groups excluding carboxylic acids is 1. The zero-order valence-corrected chi connectivity index (χ0v) is 22.9. The fourth-order valence-corrected chi connectivity index (χ4v) is 4.01. The van der Waals surface area contributed by atoms with Gasteiger partial charge in [0, 0.05) is 6.04 Å². The number of aliphatic carboxylic acids is 1. The molecule has 0 aromatic heterocycles. The number of amides is 1. The Morgan fingerprint density at radius 1 is 0.844 bits per heavy atom. The van der Waals surface area contributed by atoms with Crippen LogP contribution >= 0.6 is 0 Å². The van der Waals surface area contributed by atoms with Crippen LogP contribution in [0.5, 0.6) is 0 Å². The maximum Gasteiger partial charge on any atom is 0.305 e. The molecule has 0 aliphatic heterocycles. The van der Waals surface area contributed by atoms with Crippen molar-refractivity contribution in [2.24, 2.45) is 27.4 Å². The zero-order valence-electron chi connectivity index (χ0n) is 22.9. The van der Waals surface area contributed by atoms with Crippen LogP contribution in [-0.4, -0.2) is 53.0 Å². The highest BCUT2D eigenvalue weighted by Gasteiger charge is 2.36. The van der Waals surface area contributed by atoms with Crippen molar-refractivity contribution >= 4 is 11.9 Å². The molecular weight excluding hydrogens is 408 g/mol. The first kappa shape index (κ1) is 33.0. The molecule has 0 aromatic rings. The maximum absolute atomic E-state index is 11.8. The van der Waals surface area contributed by atoms with Crippen LogP contribution in [0.1, 0.15) is 96.4 Å². The molecule has 0 spiro atoms. The lowest BCUT2D eigenvalue weighted by atomic mass is 9.74. The highest BCUT2D eigenvalue weighted by atomic mass is 16.5. The van der Waals surface area contributed by atoms with E-state index in [1.807, 2.05) is 6.92 Å². The predicted molar refractivity (Wildman–Crippen MR) is 131 cm³/mol. The van der Waals surface area contributed by atoms with Crippen molar-refractivity contribution in [1.82, 2.24) is 5.32 Å². The molecular formula is C25H52N2O5. The Labute approximate surface area is 196 Å². The molecule has 5 N–H and O–H groups in total. The van der Waals surface area contributed by atoms with Gasteiger partial charge in [-0.15, -0.1) is 0 Å². The van der Waals surface area contributed by atoms with Gasteiger partial charge in [-0.25, -0.2) is 0 Å². The van der Waals surface area contributed by atoms with E-state index in [0.29, 0.717) is 6.61 Å². The van der Waals surface area contributed by atoms with Crippen molar-refractivity contribution in [3.63, 3.8) is 0 Å². The van der Waals surface area contributed by atoms with Gasteiger partial charge in [0.25, 0.3) is 0 Å². The molecule has 32 heavy (non-hydrogen) atoms. The molecule has 0 fully saturated rings. The van der Waals surface area contributed by atoms with Crippen LogP contribution in [0.25, 0.3) is 0 Å². The molecule has 0 aliphatic rings. The fourth-order valence-electron chi connectivity index (χ4n) is 4.01. The molecule has 0 heterocycles. The minimum Gasteiger partial charge on any atom is -0.481 e. The fraction of sp³-hybridized carbons (Fsp3) is 0.920. The average Bonchev–Trinajstić information content (AvgIpc) is 2.49. The van der Waals surface area contributed by atoms with E-state index in [2.05, 4.69) is 88.4 Å². The molecule has 0 aromatic carbocycles. The second-order valence-corrected chi connectivity index (χ2v) is 13.2. The van der Waals surface area contributed by atoms with Crippen LogP contribution in [0.15, 0.2) is 0 Å². The highest BCUT2D eigenvalue weighted by Crippen LogP contribution is 2.36. The predicted octanol–water partition coefficient (Wildman–Crippen LogP) is 4.21. The number of aliphatic hydroxyl groups is 1. The Morgan fingerprint density at radius 2 is 1.22 bits per heavy atom. The van der Waals surface area contributed by atoms with Crippen molar-refractivity contribution in [1.29, 1.82) is 0 Å². The molecule has 0 bridgehead atoms. The van der Waals surface area contributed by atoms with Gasteiger partial charge in [0.2, 0.25) is 5.91 Å². The molecule has 192 valence electrons. The molecule has 1 unspecified atom stereocenters. The molecule has 1 amide bonds. The molecule has 0 aliphatic carbocycles. The van der Waals surface area contributed by atoms with E-state index in [9.17, 15) is 14.7 Å². The number of aliphatic hydroxyl groups excluding tert-OH is 1. The second-order valence-electron chi connectivity index (χ2n) is 13.2. The highest BCUT2D eigenvalue weighted by molar-refractivity contribution is 5.86. The molecule has 2 atom stereocenters. The van der Waals surface area contributed by atoms with E-state index < -0.39 is 17.9 Å². The second kappa shape index (κ2) is 12.3. The summed E-state index contributed by atoms with van der Waals surface area (Å²) in [5.74, 6) is -1.56. The summed E-state index contributed by atoms with van der Waals surface area (Å²) in [7, 11) is 0. The van der Waals surface area contributed by atoms with Crippen LogP contribution in [-0.2, 0) is 14.3 Å². The number of carboxylic acids is 1. The first-order valence-electron chi connectivity index (χ1n) is 11.5. The minimum absolute atomic E-state index is 0.00174. The number of nitrogens with two attached hydrogens (primary N) is 1. The molecule has 0 radical (unpaired) electrons. The summed E-state index contributed by atoms with van der Waals surface area (Å²) < 4.78 is 6.02. The van der Waals surface area contributed by atoms with E-state index in [1.54, 1.807) is 0 Å². The van der Waals surface area contributed by atoms with Gasteiger partial charge in [-0.3, -0.25) is 9.59 Å². The number of carboxylic acid groups (broad SMARTS) is 1. The van der Waals surface area contributed by atoms with Crippen molar-refractivity contribution in [2.75, 3.05) is 6.61 Å². The third kappa shape index (κ3) is 14.1. The van der Waals surface area contributed by atoms with Crippen molar-refractivity contribution in [3.05, 3.63) is 0 Å². The van der Waals surface area contributed by atoms with E-state index in [-0.39, 0.29) is 46.3 Å². The summed E-state index contributed by atoms with van der Waals surface area (Å²) in [6, 6.07) is -1.28. The lowest BCUT2D eigenvalue weighted by Crippen LogP contribution is -2.48. The topological polar surface area (TPSA) is 122 Å². The van der Waals surface area contributed by atoms with Gasteiger partial charge in [-0.2, -0.15) is 0 Å². The number of rotatable bonds is 7. The van der Waals surface area contributed by atoms with Gasteiger partial charge >= 0.3 is 5.97 Å². The Balaban J connectivity index is 0. The Morgan fingerprint density at radius 3 is 1.47 bits per heavy atom. The molecule has 0 rings (SSSR count). The number of nitrogens with one attached hydrogen (secondary N) is 1. The minimum atomic E-state index is -1.09. The van der Waals surface area contributed by atoms with Gasteiger partial charge in [-0.1, -0.05) is 83.1 Å². The number of carbonyl (C=O) groups is 2. The summed E-state index contributed by atoms with van der Waals surface area (Å²) in [5, 5.41) is 21.1. The molecule has 7 heteroatoms. The average molecular weight is 461 g/mol. The van der Waals surface area contributed by atoms with Gasteiger partial charge in [-0.05, 0) is 28.6 Å². The largest absolute Gasteiger partial charge is 0.481 e. The van der Waals surface area contributed by atoms with Crippen LogP contribution in [0.3, 0.4) is 0 Å². The van der Waals surface area contributed by atoms with E-state index in [1.165, 1.54) is 0 Å². The Hall–Kier alpha value is -1.18. The summed E-state index contributed by atoms with van der Waals surface area (Å²) in [6.07, 6.45) is -0.599. The monoisotopic (exact) mass is 460 g/mol. The summed E-state index contributed by atoms with van der Waals surface area (Å²) in [5.41, 5.74) is 5.47. The lowest BCUT2D eigenvalue weighted by molar-refractivity contribution is -0.139. The molecule has 0 saturated heterocycles. The van der Waals surface area contributed by atoms with Crippen molar-refractivity contribution in [3.8, 4) is 0 Å². The van der Waals surface area contributed by atoms with Gasteiger partial charge in [0.05, 0.1) is 31.3 Å². The zero-order chi connectivity index (χ0) is 26.3. The normalized spacial score (nSPS) is 15.2. The lowest BCUT2D eigenvalue weighted by Gasteiger charge is -2.41. The molecule has 7 nitrogen and oxygen atoms in total. The Kier molecular flexibility index (Phi) is 12.7. The number of ether oxygens (including phenoxy) is 1. The first-order chi connectivity index (χ1) is 13.9. The van der Waals surface area contributed by atoms with Crippen LogP contribution in [0.4, 0.5) is 0 Å². The third-order valence-electron chi connectivity index (χ3n) is 4.85. The van der Waals surface area contributed by atoms with Crippen LogP contribution in [0.2, 0.25) is 0 Å². The van der Waals surface area contributed by atoms with E-state index in [4.69, 9.17) is 15.6 Å². The summed E-state index contributed by atoms with van der Waals surface area (Å²) in [6.45, 7) is 27.2. The maximum atomic E-state index is 11.8. The van der Waals surface area contributed by atoms with Crippen molar-refractivity contribution in [2.45, 2.75) is 121 Å². The SMILES string of the molecule is CC(C)(C)C(O)C(C)(C)C.CC(COC(C(C)(C)C)C(C)(C)C)NC(=O)[C@@H](N)CC(=O)O. The quantitative estimate of drug-likeness (QED) is 0.451. The van der Waals surface area contributed by atoms with Gasteiger partial charge < -0.3 is 26.0 Å². The van der Waals surface area contributed by atoms with E-state index in [0.717, 1.165) is 0 Å². The van der Waals surface area contributed by atoms with E-state index >= 15 is 0 Å². The van der Waals surface area contributed by atoms with Crippen molar-refractivity contribution < 1.29 is 24.5 Å². The number of hydrogen-bond donors (Lipinski definition) is 4.